The minimum atomic E-state index is -1.44. The van der Waals surface area contributed by atoms with Crippen LogP contribution in [0.5, 0.6) is 0 Å². The minimum Gasteiger partial charge on any atom is -0.355 e. The van der Waals surface area contributed by atoms with Crippen molar-refractivity contribution in [2.75, 3.05) is 6.54 Å². The zero-order valence-electron chi connectivity index (χ0n) is 10.9. The molecule has 1 unspecified atom stereocenters. The van der Waals surface area contributed by atoms with E-state index in [4.69, 9.17) is 5.26 Å². The van der Waals surface area contributed by atoms with Gasteiger partial charge in [-0.25, -0.2) is 4.39 Å². The van der Waals surface area contributed by atoms with Crippen LogP contribution in [0.15, 0.2) is 18.2 Å². The van der Waals surface area contributed by atoms with Crippen molar-refractivity contribution >= 4 is 11.7 Å². The quantitative estimate of drug-likeness (QED) is 0.651. The lowest BCUT2D eigenvalue weighted by Gasteiger charge is -2.09. The molecule has 0 heterocycles. The monoisotopic (exact) mass is 262 g/mol. The molecule has 0 bridgehead atoms. The number of rotatable bonds is 5. The van der Waals surface area contributed by atoms with Gasteiger partial charge in [-0.2, -0.15) is 5.26 Å². The first-order chi connectivity index (χ1) is 9.01. The van der Waals surface area contributed by atoms with Crippen molar-refractivity contribution in [2.24, 2.45) is 5.92 Å². The van der Waals surface area contributed by atoms with Gasteiger partial charge in [0.2, 0.25) is 5.91 Å². The lowest BCUT2D eigenvalue weighted by atomic mass is 9.97. The summed E-state index contributed by atoms with van der Waals surface area (Å²) in [5.74, 6) is -3.30. The highest BCUT2D eigenvalue weighted by Gasteiger charge is 2.27. The number of nitrogens with one attached hydrogen (secondary N) is 1. The molecule has 1 aromatic rings. The van der Waals surface area contributed by atoms with Gasteiger partial charge in [-0.15, -0.1) is 0 Å². The normalized spacial score (nSPS) is 11.5. The van der Waals surface area contributed by atoms with E-state index in [1.807, 2.05) is 6.92 Å². The first-order valence-electron chi connectivity index (χ1n) is 5.99. The number of ketones is 1. The molecule has 0 saturated heterocycles. The van der Waals surface area contributed by atoms with Crippen LogP contribution in [-0.4, -0.2) is 18.2 Å². The molecule has 0 aliphatic carbocycles. The summed E-state index contributed by atoms with van der Waals surface area (Å²) >= 11 is 0. The summed E-state index contributed by atoms with van der Waals surface area (Å²) in [5.41, 5.74) is 0.432. The molecule has 0 fully saturated rings. The van der Waals surface area contributed by atoms with Gasteiger partial charge in [-0.05, 0) is 25.0 Å². The molecule has 0 aliphatic rings. The second kappa shape index (κ2) is 6.64. The lowest BCUT2D eigenvalue weighted by Crippen LogP contribution is -2.35. The highest BCUT2D eigenvalue weighted by atomic mass is 19.1. The smallest absolute Gasteiger partial charge is 0.245 e. The van der Waals surface area contributed by atoms with Crippen LogP contribution in [0.4, 0.5) is 4.39 Å². The van der Waals surface area contributed by atoms with Crippen molar-refractivity contribution in [3.8, 4) is 6.07 Å². The maximum absolute atomic E-state index is 13.4. The maximum Gasteiger partial charge on any atom is 0.245 e. The number of hydrogen-bond acceptors (Lipinski definition) is 3. The maximum atomic E-state index is 13.4. The highest BCUT2D eigenvalue weighted by molar-refractivity contribution is 6.12. The average Bonchev–Trinajstić information content (AvgIpc) is 2.40. The van der Waals surface area contributed by atoms with E-state index >= 15 is 0 Å². The number of nitrogens with zero attached hydrogens (tertiary/aromatic N) is 1. The van der Waals surface area contributed by atoms with Crippen molar-refractivity contribution in [2.45, 2.75) is 20.3 Å². The number of carbonyl (C=O) groups is 2. The van der Waals surface area contributed by atoms with Crippen molar-refractivity contribution < 1.29 is 14.0 Å². The number of aryl methyl sites for hydroxylation is 1. The van der Waals surface area contributed by atoms with E-state index in [0.29, 0.717) is 18.5 Å². The van der Waals surface area contributed by atoms with Crippen LogP contribution in [0.1, 0.15) is 29.3 Å². The molecule has 100 valence electrons. The number of amides is 1. The molecular formula is C14H15FN2O2. The predicted octanol–water partition coefficient (Wildman–Crippen LogP) is 1.98. The minimum absolute atomic E-state index is 0.0290. The van der Waals surface area contributed by atoms with Crippen LogP contribution in [0.3, 0.4) is 0 Å². The summed E-state index contributed by atoms with van der Waals surface area (Å²) in [6.45, 7) is 3.82. The fourth-order valence-electron chi connectivity index (χ4n) is 1.50. The van der Waals surface area contributed by atoms with E-state index in [9.17, 15) is 14.0 Å². The Morgan fingerprint density at radius 3 is 2.68 bits per heavy atom. The van der Waals surface area contributed by atoms with Crippen LogP contribution >= 0.6 is 0 Å². The molecule has 19 heavy (non-hydrogen) atoms. The number of nitriles is 1. The van der Waals surface area contributed by atoms with E-state index in [1.54, 1.807) is 13.0 Å². The summed E-state index contributed by atoms with van der Waals surface area (Å²) in [5, 5.41) is 11.4. The zero-order chi connectivity index (χ0) is 14.4. The third kappa shape index (κ3) is 3.62. The highest BCUT2D eigenvalue weighted by Crippen LogP contribution is 2.13. The number of hydrogen-bond donors (Lipinski definition) is 1. The van der Waals surface area contributed by atoms with Crippen LogP contribution < -0.4 is 5.32 Å². The molecule has 0 radical (unpaired) electrons. The van der Waals surface area contributed by atoms with Gasteiger partial charge in [0.05, 0.1) is 6.07 Å². The third-order valence-electron chi connectivity index (χ3n) is 2.66. The van der Waals surface area contributed by atoms with Crippen molar-refractivity contribution in [1.29, 1.82) is 5.26 Å². The van der Waals surface area contributed by atoms with E-state index in [2.05, 4.69) is 5.32 Å². The molecular weight excluding hydrogens is 247 g/mol. The Labute approximate surface area is 111 Å². The van der Waals surface area contributed by atoms with E-state index in [-0.39, 0.29) is 5.56 Å². The van der Waals surface area contributed by atoms with Gasteiger partial charge in [0.25, 0.3) is 0 Å². The number of benzene rings is 1. The fourth-order valence-corrected chi connectivity index (χ4v) is 1.50. The predicted molar refractivity (Wildman–Crippen MR) is 67.9 cm³/mol. The second-order valence-corrected chi connectivity index (χ2v) is 4.18. The molecule has 0 aliphatic heterocycles. The van der Waals surface area contributed by atoms with E-state index < -0.39 is 23.4 Å². The summed E-state index contributed by atoms with van der Waals surface area (Å²) in [4.78, 5) is 23.6. The van der Waals surface area contributed by atoms with Crippen molar-refractivity contribution in [1.82, 2.24) is 5.32 Å². The number of carbonyl (C=O) groups excluding carboxylic acids is 2. The largest absolute Gasteiger partial charge is 0.355 e. The van der Waals surface area contributed by atoms with Crippen molar-refractivity contribution in [3.05, 3.63) is 35.1 Å². The topological polar surface area (TPSA) is 70.0 Å². The second-order valence-electron chi connectivity index (χ2n) is 4.18. The SMILES string of the molecule is CCCNC(=O)C(C#N)C(=O)c1ccc(C)c(F)c1. The number of Topliss-reactive ketones (excluding diaryl/α,β-unsaturated/α-hetero) is 1. The molecule has 5 heteroatoms. The van der Waals surface area contributed by atoms with Crippen LogP contribution in [-0.2, 0) is 4.79 Å². The summed E-state index contributed by atoms with van der Waals surface area (Å²) < 4.78 is 13.4. The zero-order valence-corrected chi connectivity index (χ0v) is 10.9. The molecule has 1 aromatic carbocycles. The Hall–Kier alpha value is -2.22. The Balaban J connectivity index is 2.93. The molecule has 1 amide bonds. The average molecular weight is 262 g/mol. The van der Waals surface area contributed by atoms with Gasteiger partial charge in [0.15, 0.2) is 11.7 Å². The van der Waals surface area contributed by atoms with Gasteiger partial charge in [0, 0.05) is 12.1 Å². The molecule has 0 spiro atoms. The number of halogens is 1. The van der Waals surface area contributed by atoms with E-state index in [1.165, 1.54) is 12.1 Å². The Morgan fingerprint density at radius 2 is 2.16 bits per heavy atom. The summed E-state index contributed by atoms with van der Waals surface area (Å²) in [7, 11) is 0. The molecule has 4 nitrogen and oxygen atoms in total. The van der Waals surface area contributed by atoms with Gasteiger partial charge < -0.3 is 5.32 Å². The van der Waals surface area contributed by atoms with Gasteiger partial charge in [0.1, 0.15) is 5.82 Å². The molecule has 1 rings (SSSR count). The molecule has 0 saturated carbocycles. The van der Waals surface area contributed by atoms with Crippen molar-refractivity contribution in [3.63, 3.8) is 0 Å². The first-order valence-corrected chi connectivity index (χ1v) is 5.99. The summed E-state index contributed by atoms with van der Waals surface area (Å²) in [6.07, 6.45) is 0.706. The van der Waals surface area contributed by atoms with Gasteiger partial charge in [-0.1, -0.05) is 19.1 Å². The molecule has 1 atom stereocenters. The standard InChI is InChI=1S/C14H15FN2O2/c1-3-6-17-14(19)11(8-16)13(18)10-5-4-9(2)12(15)7-10/h4-5,7,11H,3,6H2,1-2H3,(H,17,19). The van der Waals surface area contributed by atoms with Crippen LogP contribution in [0.2, 0.25) is 0 Å². The van der Waals surface area contributed by atoms with Crippen LogP contribution in [0, 0.1) is 30.0 Å². The van der Waals surface area contributed by atoms with E-state index in [0.717, 1.165) is 6.07 Å². The van der Waals surface area contributed by atoms with Crippen LogP contribution in [0.25, 0.3) is 0 Å². The third-order valence-corrected chi connectivity index (χ3v) is 2.66. The first kappa shape index (κ1) is 14.8. The fraction of sp³-hybridized carbons (Fsp3) is 0.357. The molecule has 1 N–H and O–H groups in total. The summed E-state index contributed by atoms with van der Waals surface area (Å²) in [6, 6.07) is 5.57. The molecule has 0 aromatic heterocycles. The Bertz CT molecular complexity index is 535. The Morgan fingerprint density at radius 1 is 1.47 bits per heavy atom. The van der Waals surface area contributed by atoms with Gasteiger partial charge in [-0.3, -0.25) is 9.59 Å². The van der Waals surface area contributed by atoms with Gasteiger partial charge >= 0.3 is 0 Å². The lowest BCUT2D eigenvalue weighted by molar-refractivity contribution is -0.122. The Kier molecular flexibility index (Phi) is 5.19.